The predicted octanol–water partition coefficient (Wildman–Crippen LogP) is 3.56. The first-order chi connectivity index (χ1) is 15.0. The number of nitrogens with zero attached hydrogens (tertiary/aromatic N) is 1. The number of nitrogens with one attached hydrogen (secondary N) is 2. The van der Waals surface area contributed by atoms with Gasteiger partial charge >= 0.3 is 0 Å². The number of carbonyl (C=O) groups is 2. The molecule has 0 atom stereocenters. The van der Waals surface area contributed by atoms with Crippen LogP contribution in [0.4, 0.5) is 0 Å². The lowest BCUT2D eigenvalue weighted by molar-refractivity contribution is -0.122. The van der Waals surface area contributed by atoms with E-state index in [1.807, 2.05) is 32.0 Å². The number of likely N-dealkylation sites (tertiary alicyclic amines) is 1. The lowest BCUT2D eigenvalue weighted by Gasteiger charge is -2.46. The van der Waals surface area contributed by atoms with Gasteiger partial charge in [0.05, 0.1) is 12.6 Å². The van der Waals surface area contributed by atoms with Crippen molar-refractivity contribution in [2.45, 2.75) is 57.5 Å². The zero-order valence-corrected chi connectivity index (χ0v) is 18.6. The van der Waals surface area contributed by atoms with Crippen molar-refractivity contribution in [2.75, 3.05) is 19.6 Å². The summed E-state index contributed by atoms with van der Waals surface area (Å²) >= 11 is 0. The van der Waals surface area contributed by atoms with Crippen molar-refractivity contribution in [3.05, 3.63) is 70.8 Å². The number of rotatable bonds is 6. The van der Waals surface area contributed by atoms with Gasteiger partial charge in [-0.2, -0.15) is 0 Å². The van der Waals surface area contributed by atoms with Gasteiger partial charge in [0.2, 0.25) is 5.91 Å². The maximum Gasteiger partial charge on any atom is 0.251 e. The zero-order chi connectivity index (χ0) is 21.8. The molecule has 1 aliphatic heterocycles. The Labute approximate surface area is 185 Å². The quantitative estimate of drug-likeness (QED) is 0.753. The lowest BCUT2D eigenvalue weighted by Crippen LogP contribution is -2.63. The van der Waals surface area contributed by atoms with E-state index in [0.717, 1.165) is 24.2 Å². The van der Waals surface area contributed by atoms with Crippen LogP contribution < -0.4 is 10.6 Å². The Bertz CT molecular complexity index is 893. The minimum absolute atomic E-state index is 0.0184. The highest BCUT2D eigenvalue weighted by Crippen LogP contribution is 2.35. The molecule has 0 unspecified atom stereocenters. The summed E-state index contributed by atoms with van der Waals surface area (Å²) in [5, 5.41) is 5.79. The standard InChI is InChI=1S/C26H33N3O2/c1-18-12-19(2)14-22(13-18)26(31)27-15-25(30)28-23-16-29(17-23)24-10-8-21(9-11-24)20-6-4-3-5-7-20/h3-7,12-14,21,23-24H,8-11,15-17H2,1-2H3,(H,27,31)(H,28,30). The number of amides is 2. The van der Waals surface area contributed by atoms with Gasteiger partial charge in [0.25, 0.3) is 5.91 Å². The van der Waals surface area contributed by atoms with Crippen LogP contribution in [-0.4, -0.2) is 48.4 Å². The molecule has 1 aliphatic carbocycles. The van der Waals surface area contributed by atoms with E-state index in [-0.39, 0.29) is 24.4 Å². The second-order valence-corrected chi connectivity index (χ2v) is 9.19. The average Bonchev–Trinajstić information content (AvgIpc) is 2.74. The highest BCUT2D eigenvalue weighted by Gasteiger charge is 2.35. The molecule has 1 heterocycles. The largest absolute Gasteiger partial charge is 0.349 e. The average molecular weight is 420 g/mol. The topological polar surface area (TPSA) is 61.4 Å². The highest BCUT2D eigenvalue weighted by molar-refractivity contribution is 5.96. The summed E-state index contributed by atoms with van der Waals surface area (Å²) < 4.78 is 0. The third-order valence-corrected chi connectivity index (χ3v) is 6.65. The van der Waals surface area contributed by atoms with E-state index >= 15 is 0 Å². The first-order valence-electron chi connectivity index (χ1n) is 11.4. The smallest absolute Gasteiger partial charge is 0.251 e. The van der Waals surface area contributed by atoms with Gasteiger partial charge in [-0.25, -0.2) is 0 Å². The van der Waals surface area contributed by atoms with Crippen molar-refractivity contribution in [1.82, 2.24) is 15.5 Å². The predicted molar refractivity (Wildman–Crippen MR) is 123 cm³/mol. The maximum absolute atomic E-state index is 12.3. The van der Waals surface area contributed by atoms with Gasteiger partial charge in [0.1, 0.15) is 0 Å². The van der Waals surface area contributed by atoms with Crippen molar-refractivity contribution in [1.29, 1.82) is 0 Å². The van der Waals surface area contributed by atoms with Crippen molar-refractivity contribution >= 4 is 11.8 Å². The molecule has 1 saturated heterocycles. The van der Waals surface area contributed by atoms with Crippen molar-refractivity contribution in [3.63, 3.8) is 0 Å². The van der Waals surface area contributed by atoms with Gasteiger partial charge in [0.15, 0.2) is 0 Å². The molecule has 164 valence electrons. The molecule has 2 N–H and O–H groups in total. The molecule has 0 bridgehead atoms. The number of benzene rings is 2. The van der Waals surface area contributed by atoms with Crippen molar-refractivity contribution in [3.8, 4) is 0 Å². The third-order valence-electron chi connectivity index (χ3n) is 6.65. The van der Waals surface area contributed by atoms with Gasteiger partial charge in [-0.3, -0.25) is 14.5 Å². The summed E-state index contributed by atoms with van der Waals surface area (Å²) in [4.78, 5) is 27.1. The molecule has 31 heavy (non-hydrogen) atoms. The van der Waals surface area contributed by atoms with Gasteiger partial charge in [-0.1, -0.05) is 47.5 Å². The van der Waals surface area contributed by atoms with E-state index in [9.17, 15) is 9.59 Å². The molecule has 2 aromatic carbocycles. The molecule has 2 fully saturated rings. The van der Waals surface area contributed by atoms with E-state index in [0.29, 0.717) is 17.5 Å². The summed E-state index contributed by atoms with van der Waals surface area (Å²) in [5.74, 6) is 0.373. The molecule has 4 rings (SSSR count). The van der Waals surface area contributed by atoms with E-state index in [1.165, 1.54) is 31.2 Å². The number of aryl methyl sites for hydroxylation is 2. The van der Waals surface area contributed by atoms with Crippen LogP contribution in [0.2, 0.25) is 0 Å². The van der Waals surface area contributed by atoms with Crippen LogP contribution in [0.25, 0.3) is 0 Å². The summed E-state index contributed by atoms with van der Waals surface area (Å²) in [6.07, 6.45) is 4.94. The molecule has 2 aliphatic rings. The summed E-state index contributed by atoms with van der Waals surface area (Å²) in [6, 6.07) is 17.4. The van der Waals surface area contributed by atoms with Crippen LogP contribution in [0.1, 0.15) is 58.6 Å². The van der Waals surface area contributed by atoms with Crippen LogP contribution in [-0.2, 0) is 4.79 Å². The lowest BCUT2D eigenvalue weighted by atomic mass is 9.80. The fraction of sp³-hybridized carbons (Fsp3) is 0.462. The first kappa shape index (κ1) is 21.6. The summed E-state index contributed by atoms with van der Waals surface area (Å²) in [6.45, 7) is 5.78. The fourth-order valence-electron chi connectivity index (χ4n) is 5.05. The Kier molecular flexibility index (Phi) is 6.71. The molecular weight excluding hydrogens is 386 g/mol. The van der Waals surface area contributed by atoms with E-state index in [2.05, 4.69) is 45.9 Å². The zero-order valence-electron chi connectivity index (χ0n) is 18.6. The summed E-state index contributed by atoms with van der Waals surface area (Å²) in [5.41, 5.74) is 4.16. The van der Waals surface area contributed by atoms with Crippen LogP contribution >= 0.6 is 0 Å². The van der Waals surface area contributed by atoms with Gasteiger partial charge in [-0.15, -0.1) is 0 Å². The fourth-order valence-corrected chi connectivity index (χ4v) is 5.05. The molecule has 5 nitrogen and oxygen atoms in total. The SMILES string of the molecule is Cc1cc(C)cc(C(=O)NCC(=O)NC2CN(C3CCC(c4ccccc4)CC3)C2)c1. The van der Waals surface area contributed by atoms with Crippen LogP contribution in [0.5, 0.6) is 0 Å². The van der Waals surface area contributed by atoms with Gasteiger partial charge in [-0.05, 0) is 63.1 Å². The van der Waals surface area contributed by atoms with Gasteiger partial charge < -0.3 is 10.6 Å². The highest BCUT2D eigenvalue weighted by atomic mass is 16.2. The second-order valence-electron chi connectivity index (χ2n) is 9.19. The van der Waals surface area contributed by atoms with Crippen LogP contribution in [0, 0.1) is 13.8 Å². The Morgan fingerprint density at radius 3 is 2.23 bits per heavy atom. The third kappa shape index (κ3) is 5.53. The van der Waals surface area contributed by atoms with E-state index in [4.69, 9.17) is 0 Å². The molecule has 0 spiro atoms. The van der Waals surface area contributed by atoms with Crippen molar-refractivity contribution < 1.29 is 9.59 Å². The Balaban J connectivity index is 1.15. The molecule has 2 amide bonds. The minimum Gasteiger partial charge on any atom is -0.349 e. The number of hydrogen-bond acceptors (Lipinski definition) is 3. The number of carbonyl (C=O) groups excluding carboxylic acids is 2. The first-order valence-corrected chi connectivity index (χ1v) is 11.4. The minimum atomic E-state index is -0.202. The van der Waals surface area contributed by atoms with Crippen molar-refractivity contribution in [2.24, 2.45) is 0 Å². The monoisotopic (exact) mass is 419 g/mol. The normalized spacial score (nSPS) is 21.9. The molecule has 0 aromatic heterocycles. The summed E-state index contributed by atoms with van der Waals surface area (Å²) in [7, 11) is 0. The van der Waals surface area contributed by atoms with E-state index < -0.39 is 0 Å². The Morgan fingerprint density at radius 1 is 0.935 bits per heavy atom. The molecule has 2 aromatic rings. The van der Waals surface area contributed by atoms with Crippen LogP contribution in [0.3, 0.4) is 0 Å². The second kappa shape index (κ2) is 9.65. The molecule has 5 heteroatoms. The number of hydrogen-bond donors (Lipinski definition) is 2. The maximum atomic E-state index is 12.3. The molecule has 1 saturated carbocycles. The molecule has 0 radical (unpaired) electrons. The Hall–Kier alpha value is -2.66. The van der Waals surface area contributed by atoms with E-state index in [1.54, 1.807) is 0 Å². The van der Waals surface area contributed by atoms with Crippen LogP contribution in [0.15, 0.2) is 48.5 Å². The van der Waals surface area contributed by atoms with Gasteiger partial charge in [0, 0.05) is 24.7 Å². The Morgan fingerprint density at radius 2 is 1.58 bits per heavy atom. The molecular formula is C26H33N3O2.